The number of amides is 2. The highest BCUT2D eigenvalue weighted by Crippen LogP contribution is 2.47. The lowest BCUT2D eigenvalue weighted by molar-refractivity contribution is -0.131. The molecule has 112 valence electrons. The smallest absolute Gasteiger partial charge is 0.240 e. The Morgan fingerprint density at radius 2 is 1.32 bits per heavy atom. The van der Waals surface area contributed by atoms with Gasteiger partial charge in [0.15, 0.2) is 0 Å². The molecule has 4 nitrogen and oxygen atoms in total. The van der Waals surface area contributed by atoms with Gasteiger partial charge in [0.1, 0.15) is 5.41 Å². The molecule has 5 heteroatoms. The van der Waals surface area contributed by atoms with Gasteiger partial charge in [0.05, 0.1) is 0 Å². The topological polar surface area (TPSA) is 58.2 Å². The van der Waals surface area contributed by atoms with Crippen molar-refractivity contribution in [2.75, 3.05) is 10.6 Å². The molecule has 0 aliphatic heterocycles. The Kier molecular flexibility index (Phi) is 3.98. The number of nitrogens with one attached hydrogen (secondary N) is 2. The minimum Gasteiger partial charge on any atom is -0.325 e. The second-order valence-electron chi connectivity index (χ2n) is 5.36. The first-order chi connectivity index (χ1) is 10.6. The molecule has 0 unspecified atom stereocenters. The Balaban J connectivity index is 1.68. The quantitative estimate of drug-likeness (QED) is 0.816. The minimum atomic E-state index is -0.942. The zero-order valence-electron chi connectivity index (χ0n) is 11.8. The van der Waals surface area contributed by atoms with Crippen molar-refractivity contribution >= 4 is 39.1 Å². The van der Waals surface area contributed by atoms with Crippen LogP contribution in [-0.2, 0) is 9.59 Å². The molecule has 2 N–H and O–H groups in total. The van der Waals surface area contributed by atoms with Crippen molar-refractivity contribution in [1.29, 1.82) is 0 Å². The van der Waals surface area contributed by atoms with Crippen LogP contribution < -0.4 is 10.6 Å². The van der Waals surface area contributed by atoms with Gasteiger partial charge in [-0.05, 0) is 49.2 Å². The molecule has 0 radical (unpaired) electrons. The maximum Gasteiger partial charge on any atom is 0.240 e. The Labute approximate surface area is 137 Å². The van der Waals surface area contributed by atoms with E-state index in [1.165, 1.54) is 0 Å². The van der Waals surface area contributed by atoms with Crippen LogP contribution in [0.25, 0.3) is 0 Å². The van der Waals surface area contributed by atoms with Crippen molar-refractivity contribution in [3.05, 3.63) is 59.1 Å². The molecule has 0 aromatic heterocycles. The number of anilines is 2. The van der Waals surface area contributed by atoms with E-state index in [0.29, 0.717) is 24.2 Å². The maximum atomic E-state index is 12.4. The summed E-state index contributed by atoms with van der Waals surface area (Å²) in [5.41, 5.74) is 0.449. The summed E-state index contributed by atoms with van der Waals surface area (Å²) in [7, 11) is 0. The van der Waals surface area contributed by atoms with Crippen molar-refractivity contribution in [2.24, 2.45) is 5.41 Å². The van der Waals surface area contributed by atoms with Crippen LogP contribution in [-0.4, -0.2) is 11.8 Å². The van der Waals surface area contributed by atoms with E-state index in [1.807, 2.05) is 30.3 Å². The first-order valence-corrected chi connectivity index (χ1v) is 7.83. The zero-order chi connectivity index (χ0) is 15.6. The Morgan fingerprint density at radius 3 is 1.82 bits per heavy atom. The van der Waals surface area contributed by atoms with E-state index in [9.17, 15) is 9.59 Å². The summed E-state index contributed by atoms with van der Waals surface area (Å²) >= 11 is 3.35. The van der Waals surface area contributed by atoms with Crippen LogP contribution in [0.1, 0.15) is 12.8 Å². The van der Waals surface area contributed by atoms with Gasteiger partial charge in [-0.3, -0.25) is 9.59 Å². The fraction of sp³-hybridized carbons (Fsp3) is 0.176. The van der Waals surface area contributed by atoms with Crippen LogP contribution in [0.2, 0.25) is 0 Å². The summed E-state index contributed by atoms with van der Waals surface area (Å²) < 4.78 is 0.938. The Hall–Kier alpha value is -2.14. The van der Waals surface area contributed by atoms with Gasteiger partial charge in [-0.15, -0.1) is 0 Å². The summed E-state index contributed by atoms with van der Waals surface area (Å²) in [6, 6.07) is 16.5. The number of para-hydroxylation sites is 1. The molecule has 0 heterocycles. The van der Waals surface area contributed by atoms with Crippen molar-refractivity contribution in [2.45, 2.75) is 12.8 Å². The molecule has 0 bridgehead atoms. The number of hydrogen-bond acceptors (Lipinski definition) is 2. The summed E-state index contributed by atoms with van der Waals surface area (Å²) in [6.45, 7) is 0. The van der Waals surface area contributed by atoms with E-state index < -0.39 is 5.41 Å². The lowest BCUT2D eigenvalue weighted by Gasteiger charge is -2.15. The highest BCUT2D eigenvalue weighted by Gasteiger charge is 2.56. The molecular weight excluding hydrogens is 344 g/mol. The van der Waals surface area contributed by atoms with Crippen molar-refractivity contribution in [3.63, 3.8) is 0 Å². The van der Waals surface area contributed by atoms with Gasteiger partial charge < -0.3 is 10.6 Å². The van der Waals surface area contributed by atoms with Crippen LogP contribution in [0.3, 0.4) is 0 Å². The highest BCUT2D eigenvalue weighted by molar-refractivity contribution is 9.10. The molecule has 1 saturated carbocycles. The monoisotopic (exact) mass is 358 g/mol. The van der Waals surface area contributed by atoms with E-state index in [0.717, 1.165) is 4.47 Å². The molecule has 1 fully saturated rings. The minimum absolute atomic E-state index is 0.242. The third-order valence-corrected chi connectivity index (χ3v) is 4.28. The molecule has 0 spiro atoms. The second-order valence-corrected chi connectivity index (χ2v) is 6.28. The van der Waals surface area contributed by atoms with Gasteiger partial charge in [0.2, 0.25) is 11.8 Å². The van der Waals surface area contributed by atoms with Gasteiger partial charge in [0.25, 0.3) is 0 Å². The molecule has 1 aliphatic carbocycles. The SMILES string of the molecule is O=C(Nc1ccccc1)C1(C(=O)Nc2ccc(Br)cc2)CC1. The fourth-order valence-electron chi connectivity index (χ4n) is 2.24. The van der Waals surface area contributed by atoms with Crippen molar-refractivity contribution < 1.29 is 9.59 Å². The number of carbonyl (C=O) groups excluding carboxylic acids is 2. The molecular formula is C17H15BrN2O2. The van der Waals surface area contributed by atoms with E-state index in [4.69, 9.17) is 0 Å². The second kappa shape index (κ2) is 5.93. The van der Waals surface area contributed by atoms with E-state index in [-0.39, 0.29) is 11.8 Å². The van der Waals surface area contributed by atoms with Gasteiger partial charge in [0, 0.05) is 15.8 Å². The largest absolute Gasteiger partial charge is 0.325 e. The van der Waals surface area contributed by atoms with Crippen LogP contribution in [0, 0.1) is 5.41 Å². The molecule has 1 aliphatic rings. The van der Waals surface area contributed by atoms with Crippen LogP contribution in [0.5, 0.6) is 0 Å². The zero-order valence-corrected chi connectivity index (χ0v) is 13.4. The normalized spacial score (nSPS) is 15.0. The molecule has 0 saturated heterocycles. The summed E-state index contributed by atoms with van der Waals surface area (Å²) in [6.07, 6.45) is 1.15. The average Bonchev–Trinajstić information content (AvgIpc) is 3.32. The predicted molar refractivity (Wildman–Crippen MR) is 89.5 cm³/mol. The summed E-state index contributed by atoms with van der Waals surface area (Å²) in [4.78, 5) is 24.8. The van der Waals surface area contributed by atoms with Crippen molar-refractivity contribution in [3.8, 4) is 0 Å². The highest BCUT2D eigenvalue weighted by atomic mass is 79.9. The number of carbonyl (C=O) groups is 2. The van der Waals surface area contributed by atoms with E-state index in [2.05, 4.69) is 26.6 Å². The van der Waals surface area contributed by atoms with Gasteiger partial charge in [-0.2, -0.15) is 0 Å². The van der Waals surface area contributed by atoms with Crippen LogP contribution in [0.4, 0.5) is 11.4 Å². The maximum absolute atomic E-state index is 12.4. The van der Waals surface area contributed by atoms with Crippen LogP contribution in [0.15, 0.2) is 59.1 Å². The number of halogens is 1. The first-order valence-electron chi connectivity index (χ1n) is 7.04. The third-order valence-electron chi connectivity index (χ3n) is 3.75. The fourth-order valence-corrected chi connectivity index (χ4v) is 2.50. The molecule has 2 amide bonds. The number of hydrogen-bond donors (Lipinski definition) is 2. The molecule has 2 aromatic rings. The standard InChI is InChI=1S/C17H15BrN2O2/c18-12-6-8-14(9-7-12)20-16(22)17(10-11-17)15(21)19-13-4-2-1-3-5-13/h1-9H,10-11H2,(H,19,21)(H,20,22). The van der Waals surface area contributed by atoms with Gasteiger partial charge in [-0.25, -0.2) is 0 Å². The lowest BCUT2D eigenvalue weighted by atomic mass is 10.0. The molecule has 0 atom stereocenters. The summed E-state index contributed by atoms with van der Waals surface area (Å²) in [5, 5.41) is 5.63. The Bertz CT molecular complexity index is 694. The molecule has 22 heavy (non-hydrogen) atoms. The Morgan fingerprint density at radius 1 is 0.818 bits per heavy atom. The van der Waals surface area contributed by atoms with Crippen LogP contribution >= 0.6 is 15.9 Å². The van der Waals surface area contributed by atoms with Gasteiger partial charge >= 0.3 is 0 Å². The van der Waals surface area contributed by atoms with Crippen molar-refractivity contribution in [1.82, 2.24) is 0 Å². The summed E-state index contributed by atoms with van der Waals surface area (Å²) in [5.74, 6) is -0.489. The lowest BCUT2D eigenvalue weighted by Crippen LogP contribution is -2.35. The van der Waals surface area contributed by atoms with Gasteiger partial charge in [-0.1, -0.05) is 34.1 Å². The third kappa shape index (κ3) is 3.04. The van der Waals surface area contributed by atoms with E-state index >= 15 is 0 Å². The average molecular weight is 359 g/mol. The number of benzene rings is 2. The first kappa shape index (κ1) is 14.8. The molecule has 2 aromatic carbocycles. The molecule has 3 rings (SSSR count). The predicted octanol–water partition coefficient (Wildman–Crippen LogP) is 3.81. The van der Waals surface area contributed by atoms with E-state index in [1.54, 1.807) is 24.3 Å². The number of rotatable bonds is 4.